The van der Waals surface area contributed by atoms with Crippen LogP contribution in [0.5, 0.6) is 0 Å². The van der Waals surface area contributed by atoms with Crippen LogP contribution in [0.1, 0.15) is 16.2 Å². The Kier molecular flexibility index (Phi) is 4.47. The molecule has 0 unspecified atom stereocenters. The van der Waals surface area contributed by atoms with E-state index in [1.807, 2.05) is 23.6 Å². The average molecular weight is 332 g/mol. The highest BCUT2D eigenvalue weighted by molar-refractivity contribution is 7.16. The fraction of sp³-hybridized carbons (Fsp3) is 0.250. The van der Waals surface area contributed by atoms with Crippen LogP contribution < -0.4 is 5.32 Å². The maximum Gasteiger partial charge on any atom is 0.354 e. The maximum absolute atomic E-state index is 12.2. The Morgan fingerprint density at radius 2 is 2.26 bits per heavy atom. The number of nitrogens with zero attached hydrogens (tertiary/aromatic N) is 1. The van der Waals surface area contributed by atoms with Crippen LogP contribution in [0.15, 0.2) is 40.3 Å². The molecule has 120 valence electrons. The number of amides is 1. The number of fused-ring (bicyclic) bond motifs is 1. The lowest BCUT2D eigenvalue weighted by Crippen LogP contribution is -2.30. The molecule has 0 aliphatic rings. The summed E-state index contributed by atoms with van der Waals surface area (Å²) in [5.41, 5.74) is 0.385. The van der Waals surface area contributed by atoms with Crippen LogP contribution in [0.4, 0.5) is 0 Å². The van der Waals surface area contributed by atoms with Crippen LogP contribution in [0, 0.1) is 0 Å². The van der Waals surface area contributed by atoms with Crippen LogP contribution in [0.2, 0.25) is 0 Å². The topological polar surface area (TPSA) is 73.5 Å². The van der Waals surface area contributed by atoms with E-state index < -0.39 is 5.97 Å². The van der Waals surface area contributed by atoms with E-state index in [0.29, 0.717) is 18.7 Å². The van der Waals surface area contributed by atoms with Gasteiger partial charge in [-0.15, -0.1) is 11.3 Å². The van der Waals surface area contributed by atoms with Gasteiger partial charge in [0.25, 0.3) is 0 Å². The van der Waals surface area contributed by atoms with Gasteiger partial charge in [0.05, 0.1) is 13.4 Å². The number of rotatable bonds is 6. The SMILES string of the molecule is COC(=O)c1cc2ccsc2n1CC(=O)NCCc1ccco1. The van der Waals surface area contributed by atoms with Crippen molar-refractivity contribution in [2.45, 2.75) is 13.0 Å². The molecule has 3 aromatic rings. The van der Waals surface area contributed by atoms with Crippen molar-refractivity contribution in [3.8, 4) is 0 Å². The number of aromatic nitrogens is 1. The first-order valence-corrected chi connectivity index (χ1v) is 8.01. The van der Waals surface area contributed by atoms with Crippen LogP contribution in [-0.2, 0) is 22.5 Å². The number of esters is 1. The molecule has 1 amide bonds. The highest BCUT2D eigenvalue weighted by atomic mass is 32.1. The van der Waals surface area contributed by atoms with Crippen LogP contribution in [0.25, 0.3) is 10.2 Å². The molecule has 6 nitrogen and oxygen atoms in total. The molecule has 0 spiro atoms. The van der Waals surface area contributed by atoms with Crippen LogP contribution in [0.3, 0.4) is 0 Å². The Balaban J connectivity index is 1.68. The van der Waals surface area contributed by atoms with Crippen molar-refractivity contribution < 1.29 is 18.7 Å². The Morgan fingerprint density at radius 1 is 1.39 bits per heavy atom. The van der Waals surface area contributed by atoms with Crippen LogP contribution in [-0.4, -0.2) is 30.1 Å². The van der Waals surface area contributed by atoms with Crippen molar-refractivity contribution in [1.29, 1.82) is 0 Å². The molecule has 0 aliphatic carbocycles. The summed E-state index contributed by atoms with van der Waals surface area (Å²) in [6.45, 7) is 0.557. The third-order valence-electron chi connectivity index (χ3n) is 3.47. The molecule has 1 N–H and O–H groups in total. The zero-order chi connectivity index (χ0) is 16.2. The van der Waals surface area contributed by atoms with Crippen LogP contribution >= 0.6 is 11.3 Å². The molecule has 3 aromatic heterocycles. The van der Waals surface area contributed by atoms with Crippen molar-refractivity contribution in [3.05, 3.63) is 47.4 Å². The van der Waals surface area contributed by atoms with Gasteiger partial charge in [0.1, 0.15) is 22.8 Å². The fourth-order valence-electron chi connectivity index (χ4n) is 2.39. The Bertz CT molecular complexity index is 816. The summed E-state index contributed by atoms with van der Waals surface area (Å²) in [5, 5.41) is 5.69. The van der Waals surface area contributed by atoms with Crippen molar-refractivity contribution >= 4 is 33.4 Å². The van der Waals surface area contributed by atoms with Crippen molar-refractivity contribution in [3.63, 3.8) is 0 Å². The van der Waals surface area contributed by atoms with Gasteiger partial charge in [-0.25, -0.2) is 4.79 Å². The molecule has 0 saturated heterocycles. The Hall–Kier alpha value is -2.54. The minimum absolute atomic E-state index is 0.0760. The van der Waals surface area contributed by atoms with E-state index in [4.69, 9.17) is 9.15 Å². The summed E-state index contributed by atoms with van der Waals surface area (Å²) >= 11 is 1.49. The lowest BCUT2D eigenvalue weighted by Gasteiger charge is -2.09. The van der Waals surface area contributed by atoms with E-state index in [0.717, 1.165) is 16.0 Å². The van der Waals surface area contributed by atoms with E-state index in [9.17, 15) is 9.59 Å². The molecule has 3 heterocycles. The van der Waals surface area contributed by atoms with E-state index in [-0.39, 0.29) is 12.5 Å². The number of hydrogen-bond acceptors (Lipinski definition) is 5. The van der Waals surface area contributed by atoms with E-state index in [1.165, 1.54) is 18.4 Å². The zero-order valence-corrected chi connectivity index (χ0v) is 13.4. The average Bonchev–Trinajstić information content (AvgIpc) is 3.25. The normalized spacial score (nSPS) is 10.8. The van der Waals surface area contributed by atoms with E-state index in [1.54, 1.807) is 16.9 Å². The summed E-state index contributed by atoms with van der Waals surface area (Å²) in [6, 6.07) is 7.33. The number of carbonyl (C=O) groups is 2. The second-order valence-electron chi connectivity index (χ2n) is 4.97. The monoisotopic (exact) mass is 332 g/mol. The molecular formula is C16H16N2O4S. The lowest BCUT2D eigenvalue weighted by atomic mass is 10.3. The van der Waals surface area contributed by atoms with E-state index >= 15 is 0 Å². The number of nitrogens with one attached hydrogen (secondary N) is 1. The maximum atomic E-state index is 12.2. The summed E-state index contributed by atoms with van der Waals surface area (Å²) in [4.78, 5) is 24.9. The summed E-state index contributed by atoms with van der Waals surface area (Å²) in [7, 11) is 1.33. The van der Waals surface area contributed by atoms with Gasteiger partial charge in [-0.2, -0.15) is 0 Å². The predicted molar refractivity (Wildman–Crippen MR) is 86.6 cm³/mol. The molecular weight excluding hydrogens is 316 g/mol. The number of furan rings is 1. The van der Waals surface area contributed by atoms with Crippen molar-refractivity contribution in [2.75, 3.05) is 13.7 Å². The van der Waals surface area contributed by atoms with Gasteiger partial charge in [0.2, 0.25) is 5.91 Å². The van der Waals surface area contributed by atoms with Crippen molar-refractivity contribution in [2.24, 2.45) is 0 Å². The van der Waals surface area contributed by atoms with Gasteiger partial charge in [0.15, 0.2) is 0 Å². The first kappa shape index (κ1) is 15.4. The first-order chi connectivity index (χ1) is 11.2. The summed E-state index contributed by atoms with van der Waals surface area (Å²) in [5.74, 6) is 0.214. The van der Waals surface area contributed by atoms with Gasteiger partial charge in [-0.1, -0.05) is 0 Å². The molecule has 7 heteroatoms. The standard InChI is InChI=1S/C16H16N2O4S/c1-21-16(20)13-9-11-5-8-23-15(11)18(13)10-14(19)17-6-4-12-3-2-7-22-12/h2-3,5,7-9H,4,6,10H2,1H3,(H,17,19). The third-order valence-corrected chi connectivity index (χ3v) is 4.42. The first-order valence-electron chi connectivity index (χ1n) is 7.13. The molecule has 0 atom stereocenters. The largest absolute Gasteiger partial charge is 0.469 e. The number of ether oxygens (including phenoxy) is 1. The fourth-order valence-corrected chi connectivity index (χ4v) is 3.28. The predicted octanol–water partition coefficient (Wildman–Crippen LogP) is 2.44. The smallest absolute Gasteiger partial charge is 0.354 e. The van der Waals surface area contributed by atoms with Gasteiger partial charge < -0.3 is 19.0 Å². The van der Waals surface area contributed by atoms with E-state index in [2.05, 4.69) is 5.32 Å². The third kappa shape index (κ3) is 3.29. The molecule has 0 fully saturated rings. The Labute approximate surface area is 136 Å². The molecule has 0 aliphatic heterocycles. The number of carbonyl (C=O) groups excluding carboxylic acids is 2. The quantitative estimate of drug-likeness (QED) is 0.704. The second kappa shape index (κ2) is 6.70. The summed E-state index contributed by atoms with van der Waals surface area (Å²) < 4.78 is 11.7. The summed E-state index contributed by atoms with van der Waals surface area (Å²) in [6.07, 6.45) is 2.23. The molecule has 0 bridgehead atoms. The highest BCUT2D eigenvalue weighted by Gasteiger charge is 2.18. The number of hydrogen-bond donors (Lipinski definition) is 1. The minimum atomic E-state index is -0.447. The number of methoxy groups -OCH3 is 1. The zero-order valence-electron chi connectivity index (χ0n) is 12.6. The lowest BCUT2D eigenvalue weighted by molar-refractivity contribution is -0.121. The van der Waals surface area contributed by atoms with Gasteiger partial charge in [-0.05, 0) is 29.6 Å². The molecule has 3 rings (SSSR count). The Morgan fingerprint density at radius 3 is 3.00 bits per heavy atom. The van der Waals surface area contributed by atoms with Gasteiger partial charge in [0, 0.05) is 18.4 Å². The highest BCUT2D eigenvalue weighted by Crippen LogP contribution is 2.25. The molecule has 23 heavy (non-hydrogen) atoms. The van der Waals surface area contributed by atoms with Crippen molar-refractivity contribution in [1.82, 2.24) is 9.88 Å². The van der Waals surface area contributed by atoms with Gasteiger partial charge >= 0.3 is 5.97 Å². The number of thiophene rings is 1. The molecule has 0 aromatic carbocycles. The van der Waals surface area contributed by atoms with Gasteiger partial charge in [-0.3, -0.25) is 4.79 Å². The molecule has 0 saturated carbocycles. The second-order valence-corrected chi connectivity index (χ2v) is 5.86. The molecule has 0 radical (unpaired) electrons. The minimum Gasteiger partial charge on any atom is -0.469 e.